The van der Waals surface area contributed by atoms with Gasteiger partial charge in [0.1, 0.15) is 5.75 Å². The first-order valence-electron chi connectivity index (χ1n) is 10.4. The van der Waals surface area contributed by atoms with Crippen molar-refractivity contribution in [2.24, 2.45) is 5.92 Å². The number of hydrogen-bond acceptors (Lipinski definition) is 7. The predicted molar refractivity (Wildman–Crippen MR) is 128 cm³/mol. The number of amides is 1. The molecular formula is C22H27N5O4S2. The third kappa shape index (κ3) is 7.88. The molecule has 0 aliphatic rings. The van der Waals surface area contributed by atoms with Crippen LogP contribution in [0.4, 0.5) is 0 Å². The van der Waals surface area contributed by atoms with E-state index < -0.39 is 10.0 Å². The fourth-order valence-corrected chi connectivity index (χ4v) is 4.51. The van der Waals surface area contributed by atoms with Gasteiger partial charge in [0.2, 0.25) is 15.2 Å². The topological polar surface area (TPSA) is 126 Å². The van der Waals surface area contributed by atoms with E-state index in [0.717, 1.165) is 5.56 Å². The van der Waals surface area contributed by atoms with E-state index >= 15 is 0 Å². The first-order chi connectivity index (χ1) is 15.8. The maximum atomic E-state index is 12.2. The van der Waals surface area contributed by atoms with Crippen LogP contribution >= 0.6 is 11.8 Å². The summed E-state index contributed by atoms with van der Waals surface area (Å²) in [6, 6.07) is 15.7. The van der Waals surface area contributed by atoms with Gasteiger partial charge in [-0.05, 0) is 30.2 Å². The smallest absolute Gasteiger partial charge is 0.257 e. The summed E-state index contributed by atoms with van der Waals surface area (Å²) in [5.74, 6) is 1.65. The van der Waals surface area contributed by atoms with Gasteiger partial charge in [-0.25, -0.2) is 18.1 Å². The first-order valence-corrected chi connectivity index (χ1v) is 12.9. The van der Waals surface area contributed by atoms with Crippen LogP contribution in [-0.2, 0) is 14.8 Å². The highest BCUT2D eigenvalue weighted by molar-refractivity contribution is 7.99. The number of nitrogens with one attached hydrogen (secondary N) is 3. The summed E-state index contributed by atoms with van der Waals surface area (Å²) in [7, 11) is -3.56. The van der Waals surface area contributed by atoms with E-state index in [4.69, 9.17) is 4.74 Å². The van der Waals surface area contributed by atoms with Gasteiger partial charge >= 0.3 is 0 Å². The molecule has 2 aromatic carbocycles. The summed E-state index contributed by atoms with van der Waals surface area (Å²) < 4.78 is 32.4. The summed E-state index contributed by atoms with van der Waals surface area (Å²) in [6.45, 7) is 4.49. The van der Waals surface area contributed by atoms with Gasteiger partial charge in [-0.1, -0.05) is 55.9 Å². The third-order valence-corrected chi connectivity index (χ3v) is 6.64. The quantitative estimate of drug-likeness (QED) is 0.264. The minimum Gasteiger partial charge on any atom is -0.484 e. The van der Waals surface area contributed by atoms with Gasteiger partial charge < -0.3 is 10.1 Å². The molecule has 9 nitrogen and oxygen atoms in total. The van der Waals surface area contributed by atoms with Crippen molar-refractivity contribution in [3.63, 3.8) is 0 Å². The second-order valence-corrected chi connectivity index (χ2v) is 10.4. The van der Waals surface area contributed by atoms with Gasteiger partial charge in [0.05, 0.1) is 4.90 Å². The molecule has 3 aromatic rings. The normalized spacial score (nSPS) is 11.5. The maximum Gasteiger partial charge on any atom is 0.257 e. The minimum atomic E-state index is -3.56. The molecule has 0 fully saturated rings. The molecule has 0 aliphatic carbocycles. The van der Waals surface area contributed by atoms with Crippen LogP contribution in [0, 0.1) is 5.92 Å². The molecule has 1 heterocycles. The highest BCUT2D eigenvalue weighted by Gasteiger charge is 2.14. The number of hydrogen-bond donors (Lipinski definition) is 3. The van der Waals surface area contributed by atoms with Crippen LogP contribution in [0.5, 0.6) is 5.75 Å². The molecule has 0 aliphatic heterocycles. The van der Waals surface area contributed by atoms with Crippen molar-refractivity contribution in [1.29, 1.82) is 0 Å². The number of carbonyl (C=O) groups is 1. The Bertz CT molecular complexity index is 1130. The molecule has 33 heavy (non-hydrogen) atoms. The van der Waals surface area contributed by atoms with E-state index in [9.17, 15) is 13.2 Å². The summed E-state index contributed by atoms with van der Waals surface area (Å²) >= 11 is 1.43. The van der Waals surface area contributed by atoms with E-state index in [1.165, 1.54) is 36.0 Å². The molecule has 1 aromatic heterocycles. The molecule has 0 bridgehead atoms. The Balaban J connectivity index is 1.36. The zero-order valence-electron chi connectivity index (χ0n) is 18.4. The van der Waals surface area contributed by atoms with E-state index in [-0.39, 0.29) is 23.3 Å². The van der Waals surface area contributed by atoms with Crippen LogP contribution in [0.3, 0.4) is 0 Å². The van der Waals surface area contributed by atoms with Crippen molar-refractivity contribution in [2.45, 2.75) is 23.9 Å². The number of aromatic amines is 1. The van der Waals surface area contributed by atoms with Crippen molar-refractivity contribution in [3.05, 3.63) is 54.6 Å². The third-order valence-electron chi connectivity index (χ3n) is 4.35. The Morgan fingerprint density at radius 2 is 1.85 bits per heavy atom. The standard InChI is InChI=1S/C22H27N5O4S2/c1-16(2)14-24-33(29,30)19-10-8-18(9-11-19)31-15-20(28)23-12-13-32-22-25-21(26-27-22)17-6-4-3-5-7-17/h3-11,16,24H,12-15H2,1-2H3,(H,23,28)(H,25,26,27). The number of sulfonamides is 1. The summed E-state index contributed by atoms with van der Waals surface area (Å²) in [5.41, 5.74) is 0.958. The van der Waals surface area contributed by atoms with Crippen LogP contribution < -0.4 is 14.8 Å². The van der Waals surface area contributed by atoms with Crippen LogP contribution in [0.2, 0.25) is 0 Å². The summed E-state index contributed by atoms with van der Waals surface area (Å²) in [5, 5.41) is 10.5. The van der Waals surface area contributed by atoms with Crippen LogP contribution in [0.1, 0.15) is 13.8 Å². The lowest BCUT2D eigenvalue weighted by Gasteiger charge is -2.10. The number of ether oxygens (including phenoxy) is 1. The number of H-pyrrole nitrogens is 1. The molecule has 0 radical (unpaired) electrons. The number of benzene rings is 2. The molecule has 11 heteroatoms. The number of nitrogens with zero attached hydrogens (tertiary/aromatic N) is 2. The lowest BCUT2D eigenvalue weighted by molar-refractivity contribution is -0.122. The average Bonchev–Trinajstić information content (AvgIpc) is 3.29. The lowest BCUT2D eigenvalue weighted by Crippen LogP contribution is -2.30. The summed E-state index contributed by atoms with van der Waals surface area (Å²) in [6.07, 6.45) is 0. The van der Waals surface area contributed by atoms with Gasteiger partial charge in [0.15, 0.2) is 12.4 Å². The lowest BCUT2D eigenvalue weighted by atomic mass is 10.2. The van der Waals surface area contributed by atoms with Gasteiger partial charge in [-0.3, -0.25) is 9.89 Å². The highest BCUT2D eigenvalue weighted by atomic mass is 32.2. The second-order valence-electron chi connectivity index (χ2n) is 7.54. The molecule has 3 N–H and O–H groups in total. The molecule has 1 amide bonds. The average molecular weight is 490 g/mol. The van der Waals surface area contributed by atoms with Gasteiger partial charge in [0, 0.05) is 24.4 Å². The Morgan fingerprint density at radius 3 is 2.55 bits per heavy atom. The molecule has 3 rings (SSSR count). The zero-order chi connectivity index (χ0) is 23.7. The highest BCUT2D eigenvalue weighted by Crippen LogP contribution is 2.18. The number of aromatic nitrogens is 3. The van der Waals surface area contributed by atoms with Crippen molar-refractivity contribution < 1.29 is 17.9 Å². The van der Waals surface area contributed by atoms with Crippen LogP contribution in [-0.4, -0.2) is 55.0 Å². The monoisotopic (exact) mass is 489 g/mol. The molecule has 0 unspecified atom stereocenters. The van der Waals surface area contributed by atoms with Crippen molar-refractivity contribution in [1.82, 2.24) is 25.2 Å². The van der Waals surface area contributed by atoms with Crippen molar-refractivity contribution >= 4 is 27.7 Å². The Hall–Kier alpha value is -2.89. The molecular weight excluding hydrogens is 462 g/mol. The molecule has 0 atom stereocenters. The number of carbonyl (C=O) groups excluding carboxylic acids is 1. The maximum absolute atomic E-state index is 12.2. The Morgan fingerprint density at radius 1 is 1.12 bits per heavy atom. The zero-order valence-corrected chi connectivity index (χ0v) is 20.1. The summed E-state index contributed by atoms with van der Waals surface area (Å²) in [4.78, 5) is 16.6. The Kier molecular flexibility index (Phi) is 8.87. The van der Waals surface area contributed by atoms with Gasteiger partial charge in [0.25, 0.3) is 5.91 Å². The van der Waals surface area contributed by atoms with Gasteiger partial charge in [-0.2, -0.15) is 0 Å². The van der Waals surface area contributed by atoms with Crippen molar-refractivity contribution in [3.8, 4) is 17.1 Å². The van der Waals surface area contributed by atoms with E-state index in [1.54, 1.807) is 0 Å². The SMILES string of the molecule is CC(C)CNS(=O)(=O)c1ccc(OCC(=O)NCCSc2n[nH]c(-c3ccccc3)n2)cc1. The predicted octanol–water partition coefficient (Wildman–Crippen LogP) is 2.69. The van der Waals surface area contributed by atoms with Crippen LogP contribution in [0.15, 0.2) is 64.6 Å². The number of rotatable bonds is 12. The van der Waals surface area contributed by atoms with Crippen molar-refractivity contribution in [2.75, 3.05) is 25.4 Å². The Labute approximate surface area is 197 Å². The fraction of sp³-hybridized carbons (Fsp3) is 0.318. The van der Waals surface area contributed by atoms with E-state index in [2.05, 4.69) is 25.2 Å². The number of thioether (sulfide) groups is 1. The molecule has 0 saturated carbocycles. The molecule has 0 spiro atoms. The first kappa shape index (κ1) is 24.7. The largest absolute Gasteiger partial charge is 0.484 e. The molecule has 176 valence electrons. The second kappa shape index (κ2) is 11.8. The minimum absolute atomic E-state index is 0.152. The fourth-order valence-electron chi connectivity index (χ4n) is 2.64. The molecule has 0 saturated heterocycles. The van der Waals surface area contributed by atoms with E-state index in [0.29, 0.717) is 35.6 Å². The van der Waals surface area contributed by atoms with Gasteiger partial charge in [-0.15, -0.1) is 5.10 Å². The van der Waals surface area contributed by atoms with E-state index in [1.807, 2.05) is 44.2 Å². The van der Waals surface area contributed by atoms with Crippen LogP contribution in [0.25, 0.3) is 11.4 Å².